The van der Waals surface area contributed by atoms with Gasteiger partial charge in [-0.15, -0.1) is 5.10 Å². The molecule has 7 nitrogen and oxygen atoms in total. The van der Waals surface area contributed by atoms with Crippen LogP contribution in [-0.4, -0.2) is 27.7 Å². The van der Waals surface area contributed by atoms with Crippen molar-refractivity contribution < 1.29 is 14.3 Å². The van der Waals surface area contributed by atoms with Crippen LogP contribution in [0.15, 0.2) is 41.2 Å². The lowest BCUT2D eigenvalue weighted by atomic mass is 10.1. The summed E-state index contributed by atoms with van der Waals surface area (Å²) in [4.78, 5) is 29.1. The quantitative estimate of drug-likeness (QED) is 0.344. The van der Waals surface area contributed by atoms with E-state index in [9.17, 15) is 9.59 Å². The molecule has 4 aromatic rings. The van der Waals surface area contributed by atoms with Crippen LogP contribution in [0.2, 0.25) is 0 Å². The molecule has 0 radical (unpaired) electrons. The highest BCUT2D eigenvalue weighted by molar-refractivity contribution is 7.15. The normalized spacial score (nSPS) is 12.1. The topological polar surface area (TPSA) is 82.8 Å². The van der Waals surface area contributed by atoms with E-state index in [0.717, 1.165) is 28.0 Å². The van der Waals surface area contributed by atoms with Crippen molar-refractivity contribution in [2.75, 3.05) is 7.11 Å². The number of methoxy groups -OCH3 is 1. The summed E-state index contributed by atoms with van der Waals surface area (Å²) in [6.45, 7) is 5.10. The molecule has 32 heavy (non-hydrogen) atoms. The number of benzene rings is 2. The third kappa shape index (κ3) is 4.45. The van der Waals surface area contributed by atoms with E-state index in [-0.39, 0.29) is 11.5 Å². The first-order chi connectivity index (χ1) is 15.3. The summed E-state index contributed by atoms with van der Waals surface area (Å²) in [6.07, 6.45) is 5.45. The molecule has 0 aliphatic heterocycles. The highest BCUT2D eigenvalue weighted by Crippen LogP contribution is 2.25. The Hall–Kier alpha value is -3.78. The third-order valence-corrected chi connectivity index (χ3v) is 5.72. The van der Waals surface area contributed by atoms with Gasteiger partial charge in [0.25, 0.3) is 5.56 Å². The summed E-state index contributed by atoms with van der Waals surface area (Å²) in [5.74, 6) is 1.44. The van der Waals surface area contributed by atoms with E-state index >= 15 is 0 Å². The molecule has 0 atom stereocenters. The van der Waals surface area contributed by atoms with Gasteiger partial charge in [0, 0.05) is 6.92 Å². The zero-order valence-electron chi connectivity index (χ0n) is 18.1. The first-order valence-electron chi connectivity index (χ1n) is 9.87. The molecule has 0 bridgehead atoms. The van der Waals surface area contributed by atoms with E-state index in [4.69, 9.17) is 9.47 Å². The minimum Gasteiger partial charge on any atom is -0.497 e. The van der Waals surface area contributed by atoms with Crippen molar-refractivity contribution >= 4 is 40.5 Å². The Morgan fingerprint density at radius 1 is 1.06 bits per heavy atom. The number of aromatic nitrogens is 3. The molecule has 0 saturated heterocycles. The first kappa shape index (κ1) is 21.5. The number of esters is 1. The van der Waals surface area contributed by atoms with Crippen molar-refractivity contribution in [3.05, 3.63) is 79.4 Å². The average molecular weight is 448 g/mol. The Balaban J connectivity index is 1.63. The summed E-state index contributed by atoms with van der Waals surface area (Å²) >= 11 is 1.28. The van der Waals surface area contributed by atoms with Crippen molar-refractivity contribution in [3.63, 3.8) is 0 Å². The fourth-order valence-electron chi connectivity index (χ4n) is 3.33. The monoisotopic (exact) mass is 447 g/mol. The number of rotatable bonds is 5. The highest BCUT2D eigenvalue weighted by Gasteiger charge is 2.11. The molecular formula is C24H21N3O4S. The van der Waals surface area contributed by atoms with Gasteiger partial charge in [-0.05, 0) is 72.5 Å². The molecule has 0 fully saturated rings. The number of ether oxygens (including phenoxy) is 2. The van der Waals surface area contributed by atoms with Crippen LogP contribution in [-0.2, 0) is 4.79 Å². The average Bonchev–Trinajstić information content (AvgIpc) is 3.28. The van der Waals surface area contributed by atoms with E-state index in [2.05, 4.69) is 10.1 Å². The van der Waals surface area contributed by atoms with Gasteiger partial charge in [0.15, 0.2) is 5.82 Å². The largest absolute Gasteiger partial charge is 0.497 e. The van der Waals surface area contributed by atoms with E-state index in [1.54, 1.807) is 19.3 Å². The molecule has 2 aromatic heterocycles. The number of aryl methyl sites for hydroxylation is 2. The number of carbonyl (C=O) groups is 1. The standard InChI is InChI=1S/C24H21N3O4S/c1-14-11-18(12-15(2)22(14)31-16(3)28)13-20-23(29)27-24(32-20)25-21(26-27)10-7-17-5-8-19(30-4)9-6-17/h5-13H,1-4H3/b10-7+,20-13+. The molecular weight excluding hydrogens is 426 g/mol. The number of carbonyl (C=O) groups excluding carboxylic acids is 1. The molecule has 0 unspecified atom stereocenters. The highest BCUT2D eigenvalue weighted by atomic mass is 32.1. The smallest absolute Gasteiger partial charge is 0.308 e. The zero-order chi connectivity index (χ0) is 22.8. The number of nitrogens with zero attached hydrogens (tertiary/aromatic N) is 3. The Morgan fingerprint density at radius 3 is 2.34 bits per heavy atom. The Kier molecular flexibility index (Phi) is 5.87. The van der Waals surface area contributed by atoms with Crippen molar-refractivity contribution in [3.8, 4) is 11.5 Å². The lowest BCUT2D eigenvalue weighted by molar-refractivity contribution is -0.131. The summed E-state index contributed by atoms with van der Waals surface area (Å²) in [7, 11) is 1.62. The maximum atomic E-state index is 12.8. The van der Waals surface area contributed by atoms with Crippen molar-refractivity contribution in [2.24, 2.45) is 0 Å². The van der Waals surface area contributed by atoms with Crippen LogP contribution < -0.4 is 19.6 Å². The van der Waals surface area contributed by atoms with E-state index < -0.39 is 0 Å². The van der Waals surface area contributed by atoms with Crippen molar-refractivity contribution in [2.45, 2.75) is 20.8 Å². The molecule has 0 saturated carbocycles. The van der Waals surface area contributed by atoms with E-state index in [1.807, 2.05) is 56.3 Å². The van der Waals surface area contributed by atoms with Crippen molar-refractivity contribution in [1.29, 1.82) is 0 Å². The lowest BCUT2D eigenvalue weighted by Crippen LogP contribution is -2.23. The summed E-state index contributed by atoms with van der Waals surface area (Å²) < 4.78 is 12.3. The van der Waals surface area contributed by atoms with E-state index in [0.29, 0.717) is 21.1 Å². The third-order valence-electron chi connectivity index (χ3n) is 4.77. The number of hydrogen-bond donors (Lipinski definition) is 0. The van der Waals surface area contributed by atoms with Gasteiger partial charge in [-0.2, -0.15) is 9.50 Å². The second kappa shape index (κ2) is 8.76. The van der Waals surface area contributed by atoms with E-state index in [1.165, 1.54) is 22.8 Å². The van der Waals surface area contributed by atoms with Gasteiger partial charge < -0.3 is 9.47 Å². The number of hydrogen-bond acceptors (Lipinski definition) is 7. The Morgan fingerprint density at radius 2 is 1.75 bits per heavy atom. The number of thiazole rings is 1. The Bertz CT molecular complexity index is 1430. The van der Waals surface area contributed by atoms with Gasteiger partial charge >= 0.3 is 5.97 Å². The Labute approximate surface area is 188 Å². The molecule has 0 N–H and O–H groups in total. The maximum Gasteiger partial charge on any atom is 0.308 e. The molecule has 0 aliphatic rings. The van der Waals surface area contributed by atoms with Crippen LogP contribution in [0.4, 0.5) is 0 Å². The lowest BCUT2D eigenvalue weighted by Gasteiger charge is -2.10. The maximum absolute atomic E-state index is 12.8. The predicted octanol–water partition coefficient (Wildman–Crippen LogP) is 3.42. The second-order valence-electron chi connectivity index (χ2n) is 7.26. The first-order valence-corrected chi connectivity index (χ1v) is 10.7. The van der Waals surface area contributed by atoms with Crippen LogP contribution in [0.1, 0.15) is 35.0 Å². The van der Waals surface area contributed by atoms with Gasteiger partial charge in [0.2, 0.25) is 4.96 Å². The molecule has 2 aromatic carbocycles. The fourth-order valence-corrected chi connectivity index (χ4v) is 4.24. The number of fused-ring (bicyclic) bond motifs is 1. The van der Waals surface area contributed by atoms with Gasteiger partial charge in [0.05, 0.1) is 11.6 Å². The van der Waals surface area contributed by atoms with Gasteiger partial charge in [0.1, 0.15) is 11.5 Å². The molecule has 0 aliphatic carbocycles. The molecule has 2 heterocycles. The van der Waals surface area contributed by atoms with Crippen LogP contribution >= 0.6 is 11.3 Å². The predicted molar refractivity (Wildman–Crippen MR) is 125 cm³/mol. The summed E-state index contributed by atoms with van der Waals surface area (Å²) in [6, 6.07) is 11.4. The molecule has 0 spiro atoms. The van der Waals surface area contributed by atoms with Crippen LogP contribution in [0.5, 0.6) is 11.5 Å². The van der Waals surface area contributed by atoms with Crippen molar-refractivity contribution in [1.82, 2.24) is 14.6 Å². The zero-order valence-corrected chi connectivity index (χ0v) is 18.9. The fraction of sp³-hybridized carbons (Fsp3) is 0.167. The molecule has 162 valence electrons. The second-order valence-corrected chi connectivity index (χ2v) is 8.27. The molecule has 4 rings (SSSR count). The molecule has 8 heteroatoms. The SMILES string of the molecule is COc1ccc(/C=C/c2nc3s/c(=C/c4cc(C)c(OC(C)=O)c(C)c4)c(=O)n3n2)cc1. The minimum atomic E-state index is -0.364. The summed E-state index contributed by atoms with van der Waals surface area (Å²) in [5, 5.41) is 4.32. The van der Waals surface area contributed by atoms with Gasteiger partial charge in [-0.3, -0.25) is 9.59 Å². The van der Waals surface area contributed by atoms with Crippen LogP contribution in [0.3, 0.4) is 0 Å². The van der Waals surface area contributed by atoms with Gasteiger partial charge in [-0.25, -0.2) is 0 Å². The van der Waals surface area contributed by atoms with Gasteiger partial charge in [-0.1, -0.05) is 29.5 Å². The van der Waals surface area contributed by atoms with Crippen LogP contribution in [0.25, 0.3) is 23.2 Å². The summed E-state index contributed by atoms with van der Waals surface area (Å²) in [5.41, 5.74) is 3.25. The molecule has 0 amide bonds. The van der Waals surface area contributed by atoms with Crippen LogP contribution in [0, 0.1) is 13.8 Å². The minimum absolute atomic E-state index is 0.221.